The van der Waals surface area contributed by atoms with Crippen LogP contribution in [0.4, 0.5) is 5.69 Å². The van der Waals surface area contributed by atoms with Crippen LogP contribution in [-0.2, 0) is 0 Å². The van der Waals surface area contributed by atoms with E-state index in [0.717, 1.165) is 40.6 Å². The van der Waals surface area contributed by atoms with E-state index in [9.17, 15) is 0 Å². The van der Waals surface area contributed by atoms with Crippen molar-refractivity contribution >= 4 is 23.0 Å². The van der Waals surface area contributed by atoms with Crippen LogP contribution < -0.4 is 5.32 Å². The molecule has 0 atom stereocenters. The molecule has 0 spiro atoms. The molecule has 1 heterocycles. The van der Waals surface area contributed by atoms with E-state index in [1.807, 2.05) is 24.3 Å². The van der Waals surface area contributed by atoms with Gasteiger partial charge in [-0.1, -0.05) is 29.8 Å². The maximum Gasteiger partial charge on any atom is 0.0755 e. The Hall–Kier alpha value is -1.80. The summed E-state index contributed by atoms with van der Waals surface area (Å²) in [5.74, 6) is 0. The monoisotopic (exact) mass is 284 g/mol. The molecule has 102 valence electrons. The van der Waals surface area contributed by atoms with E-state index >= 15 is 0 Å². The molecule has 1 aliphatic heterocycles. The number of aryl methyl sites for hydroxylation is 2. The molecule has 0 radical (unpaired) electrons. The van der Waals surface area contributed by atoms with Gasteiger partial charge in [0, 0.05) is 28.4 Å². The number of fused-ring (bicyclic) bond motifs is 1. The molecule has 20 heavy (non-hydrogen) atoms. The lowest BCUT2D eigenvalue weighted by Gasteiger charge is -2.14. The molecule has 2 nitrogen and oxygen atoms in total. The minimum Gasteiger partial charge on any atom is -0.383 e. The zero-order valence-electron chi connectivity index (χ0n) is 11.7. The first-order chi connectivity index (χ1) is 9.66. The third-order valence-corrected chi connectivity index (χ3v) is 4.04. The highest BCUT2D eigenvalue weighted by molar-refractivity contribution is 6.35. The van der Waals surface area contributed by atoms with E-state index in [0.29, 0.717) is 0 Å². The van der Waals surface area contributed by atoms with Crippen LogP contribution in [0.15, 0.2) is 41.4 Å². The molecule has 0 unspecified atom stereocenters. The van der Waals surface area contributed by atoms with Gasteiger partial charge in [-0.25, -0.2) is 0 Å². The summed E-state index contributed by atoms with van der Waals surface area (Å²) in [6.07, 6.45) is 0. The lowest BCUT2D eigenvalue weighted by Crippen LogP contribution is -2.07. The smallest absolute Gasteiger partial charge is 0.0755 e. The van der Waals surface area contributed by atoms with Gasteiger partial charge in [0.05, 0.1) is 12.3 Å². The predicted molar refractivity (Wildman–Crippen MR) is 86.4 cm³/mol. The Labute approximate surface area is 124 Å². The fourth-order valence-corrected chi connectivity index (χ4v) is 2.71. The Kier molecular flexibility index (Phi) is 3.49. The molecule has 2 aromatic rings. The van der Waals surface area contributed by atoms with Crippen molar-refractivity contribution < 1.29 is 0 Å². The fourth-order valence-electron chi connectivity index (χ4n) is 2.49. The second-order valence-electron chi connectivity index (χ2n) is 5.12. The van der Waals surface area contributed by atoms with Gasteiger partial charge in [0.2, 0.25) is 0 Å². The number of nitrogens with one attached hydrogen (secondary N) is 1. The molecular weight excluding hydrogens is 268 g/mol. The minimum atomic E-state index is 0.748. The van der Waals surface area contributed by atoms with E-state index < -0.39 is 0 Å². The van der Waals surface area contributed by atoms with Crippen molar-refractivity contribution in [3.63, 3.8) is 0 Å². The first kappa shape index (κ1) is 13.2. The molecule has 0 bridgehead atoms. The third kappa shape index (κ3) is 2.32. The van der Waals surface area contributed by atoms with Gasteiger partial charge in [0.1, 0.15) is 0 Å². The minimum absolute atomic E-state index is 0.748. The summed E-state index contributed by atoms with van der Waals surface area (Å²) in [6.45, 7) is 5.87. The Morgan fingerprint density at radius 2 is 1.80 bits per heavy atom. The summed E-state index contributed by atoms with van der Waals surface area (Å²) < 4.78 is 0. The van der Waals surface area contributed by atoms with Crippen LogP contribution in [0.25, 0.3) is 0 Å². The Balaban J connectivity index is 2.21. The third-order valence-electron chi connectivity index (χ3n) is 3.72. The van der Waals surface area contributed by atoms with Crippen molar-refractivity contribution in [2.75, 3.05) is 18.4 Å². The molecule has 2 aromatic carbocycles. The normalized spacial score (nSPS) is 14.1. The van der Waals surface area contributed by atoms with Crippen molar-refractivity contribution in [3.8, 4) is 0 Å². The van der Waals surface area contributed by atoms with Crippen molar-refractivity contribution in [3.05, 3.63) is 63.7 Å². The lowest BCUT2D eigenvalue weighted by molar-refractivity contribution is 1.03. The Morgan fingerprint density at radius 3 is 2.60 bits per heavy atom. The summed E-state index contributed by atoms with van der Waals surface area (Å²) in [6, 6.07) is 12.3. The van der Waals surface area contributed by atoms with Gasteiger partial charge in [-0.2, -0.15) is 0 Å². The SMILES string of the molecule is Cc1cc2c(cc1C)C(c1ccccc1Cl)=NCCN2. The molecule has 0 saturated heterocycles. The van der Waals surface area contributed by atoms with Crippen molar-refractivity contribution in [2.45, 2.75) is 13.8 Å². The number of hydrogen-bond acceptors (Lipinski definition) is 2. The van der Waals surface area contributed by atoms with Gasteiger partial charge in [-0.15, -0.1) is 0 Å². The van der Waals surface area contributed by atoms with E-state index in [1.54, 1.807) is 0 Å². The molecule has 1 N–H and O–H groups in total. The Bertz CT molecular complexity index is 689. The molecule has 3 rings (SSSR count). The quantitative estimate of drug-likeness (QED) is 0.833. The van der Waals surface area contributed by atoms with Gasteiger partial charge in [0.15, 0.2) is 0 Å². The zero-order valence-corrected chi connectivity index (χ0v) is 12.5. The van der Waals surface area contributed by atoms with E-state index in [4.69, 9.17) is 16.6 Å². The molecular formula is C17H17ClN2. The average molecular weight is 285 g/mol. The molecule has 0 saturated carbocycles. The van der Waals surface area contributed by atoms with Crippen LogP contribution in [0.2, 0.25) is 5.02 Å². The molecule has 1 aliphatic rings. The number of halogens is 1. The van der Waals surface area contributed by atoms with E-state index in [-0.39, 0.29) is 0 Å². The Morgan fingerprint density at radius 1 is 1.05 bits per heavy atom. The molecule has 0 aromatic heterocycles. The van der Waals surface area contributed by atoms with Crippen LogP contribution in [0.3, 0.4) is 0 Å². The van der Waals surface area contributed by atoms with Crippen molar-refractivity contribution in [2.24, 2.45) is 4.99 Å². The largest absolute Gasteiger partial charge is 0.383 e. The van der Waals surface area contributed by atoms with Crippen LogP contribution in [0.5, 0.6) is 0 Å². The molecule has 0 aliphatic carbocycles. The fraction of sp³-hybridized carbons (Fsp3) is 0.235. The van der Waals surface area contributed by atoms with Gasteiger partial charge in [-0.05, 0) is 43.2 Å². The first-order valence-corrected chi connectivity index (χ1v) is 7.19. The van der Waals surface area contributed by atoms with E-state index in [2.05, 4.69) is 31.3 Å². The summed E-state index contributed by atoms with van der Waals surface area (Å²) in [4.78, 5) is 4.74. The van der Waals surface area contributed by atoms with Gasteiger partial charge >= 0.3 is 0 Å². The molecule has 3 heteroatoms. The number of benzodiazepines with no additional fused rings is 1. The van der Waals surface area contributed by atoms with Gasteiger partial charge < -0.3 is 5.32 Å². The summed E-state index contributed by atoms with van der Waals surface area (Å²) in [5.41, 5.74) is 6.83. The lowest BCUT2D eigenvalue weighted by atomic mass is 9.96. The second-order valence-corrected chi connectivity index (χ2v) is 5.53. The summed E-state index contributed by atoms with van der Waals surface area (Å²) >= 11 is 6.35. The second kappa shape index (κ2) is 5.29. The number of benzene rings is 2. The average Bonchev–Trinajstić information content (AvgIpc) is 2.63. The maximum atomic E-state index is 6.35. The number of nitrogens with zero attached hydrogens (tertiary/aromatic N) is 1. The summed E-state index contributed by atoms with van der Waals surface area (Å²) in [7, 11) is 0. The van der Waals surface area contributed by atoms with Gasteiger partial charge in [-0.3, -0.25) is 4.99 Å². The van der Waals surface area contributed by atoms with Crippen LogP contribution >= 0.6 is 11.6 Å². The van der Waals surface area contributed by atoms with Crippen LogP contribution in [-0.4, -0.2) is 18.8 Å². The van der Waals surface area contributed by atoms with Crippen LogP contribution in [0.1, 0.15) is 22.3 Å². The standard InChI is InChI=1S/C17H17ClN2/c1-11-9-14-16(10-12(11)2)19-7-8-20-17(14)13-5-3-4-6-15(13)18/h3-6,9-10,19H,7-8H2,1-2H3. The van der Waals surface area contributed by atoms with Crippen LogP contribution in [0, 0.1) is 13.8 Å². The number of aliphatic imine (C=N–C) groups is 1. The molecule has 0 amide bonds. The topological polar surface area (TPSA) is 24.4 Å². The zero-order chi connectivity index (χ0) is 14.1. The highest BCUT2D eigenvalue weighted by Crippen LogP contribution is 2.28. The highest BCUT2D eigenvalue weighted by atomic mass is 35.5. The van der Waals surface area contributed by atoms with Crippen molar-refractivity contribution in [1.82, 2.24) is 0 Å². The number of hydrogen-bond donors (Lipinski definition) is 1. The van der Waals surface area contributed by atoms with Crippen molar-refractivity contribution in [1.29, 1.82) is 0 Å². The maximum absolute atomic E-state index is 6.35. The first-order valence-electron chi connectivity index (χ1n) is 6.81. The van der Waals surface area contributed by atoms with Gasteiger partial charge in [0.25, 0.3) is 0 Å². The highest BCUT2D eigenvalue weighted by Gasteiger charge is 2.17. The number of anilines is 1. The summed E-state index contributed by atoms with van der Waals surface area (Å²) in [5, 5.41) is 4.20. The molecule has 0 fully saturated rings. The predicted octanol–water partition coefficient (Wildman–Crippen LogP) is 4.22. The van der Waals surface area contributed by atoms with E-state index in [1.165, 1.54) is 11.1 Å². The number of rotatable bonds is 1.